The summed E-state index contributed by atoms with van der Waals surface area (Å²) in [5.41, 5.74) is 4.21. The number of ether oxygens (including phenoxy) is 2. The van der Waals surface area contributed by atoms with Gasteiger partial charge in [0.2, 0.25) is 0 Å². The molecule has 0 aliphatic carbocycles. The summed E-state index contributed by atoms with van der Waals surface area (Å²) in [6.07, 6.45) is 7.29. The molecule has 1 heterocycles. The summed E-state index contributed by atoms with van der Waals surface area (Å²) < 4.78 is 11.3. The topological polar surface area (TPSA) is 38.8 Å². The van der Waals surface area contributed by atoms with Crippen molar-refractivity contribution in [2.45, 2.75) is 27.7 Å². The van der Waals surface area contributed by atoms with Gasteiger partial charge in [-0.2, -0.15) is 0 Å². The molecule has 2 rings (SSSR count). The van der Waals surface area contributed by atoms with Crippen LogP contribution in [0.3, 0.4) is 0 Å². The van der Waals surface area contributed by atoms with Crippen LogP contribution < -0.4 is 9.64 Å². The monoisotopic (exact) mass is 367 g/mol. The molecule has 1 aliphatic rings. The van der Waals surface area contributed by atoms with Crippen LogP contribution in [0.2, 0.25) is 0 Å². The van der Waals surface area contributed by atoms with E-state index in [9.17, 15) is 4.79 Å². The summed E-state index contributed by atoms with van der Waals surface area (Å²) in [5, 5.41) is 0. The van der Waals surface area contributed by atoms with Gasteiger partial charge in [0.15, 0.2) is 0 Å². The number of hydrogen-bond donors (Lipinski definition) is 0. The van der Waals surface area contributed by atoms with Gasteiger partial charge in [-0.05, 0) is 45.4 Å². The molecule has 27 heavy (non-hydrogen) atoms. The zero-order valence-corrected chi connectivity index (χ0v) is 16.7. The van der Waals surface area contributed by atoms with E-state index >= 15 is 0 Å². The third-order valence-corrected chi connectivity index (χ3v) is 4.50. The van der Waals surface area contributed by atoms with Gasteiger partial charge in [0.25, 0.3) is 0 Å². The Bertz CT molecular complexity index is 783. The fourth-order valence-electron chi connectivity index (χ4n) is 3.25. The van der Waals surface area contributed by atoms with E-state index in [2.05, 4.69) is 31.4 Å². The maximum atomic E-state index is 12.7. The highest BCUT2D eigenvalue weighted by Gasteiger charge is 2.27. The van der Waals surface area contributed by atoms with E-state index in [1.54, 1.807) is 6.08 Å². The Hall–Kier alpha value is -2.75. The summed E-state index contributed by atoms with van der Waals surface area (Å²) in [7, 11) is 0. The van der Waals surface area contributed by atoms with Crippen LogP contribution in [-0.4, -0.2) is 32.3 Å². The largest absolute Gasteiger partial charge is 0.488 e. The maximum absolute atomic E-state index is 12.7. The lowest BCUT2D eigenvalue weighted by atomic mass is 9.94. The van der Waals surface area contributed by atoms with Crippen molar-refractivity contribution < 1.29 is 14.3 Å². The zero-order chi connectivity index (χ0) is 19.8. The highest BCUT2D eigenvalue weighted by Crippen LogP contribution is 2.39. The van der Waals surface area contributed by atoms with Crippen LogP contribution in [0.1, 0.15) is 33.3 Å². The van der Waals surface area contributed by atoms with Crippen LogP contribution in [0.4, 0.5) is 5.69 Å². The van der Waals surface area contributed by atoms with Crippen LogP contribution in [-0.2, 0) is 9.53 Å². The molecular formula is C23H29NO3. The minimum atomic E-state index is -0.344. The Morgan fingerprint density at radius 3 is 2.63 bits per heavy atom. The number of fused-ring (bicyclic) bond motifs is 1. The van der Waals surface area contributed by atoms with Gasteiger partial charge in [-0.3, -0.25) is 0 Å². The van der Waals surface area contributed by atoms with Crippen molar-refractivity contribution >= 4 is 17.2 Å². The van der Waals surface area contributed by atoms with Gasteiger partial charge in [-0.1, -0.05) is 30.9 Å². The third kappa shape index (κ3) is 4.51. The number of rotatable bonds is 8. The molecule has 4 heteroatoms. The fourth-order valence-corrected chi connectivity index (χ4v) is 3.25. The van der Waals surface area contributed by atoms with E-state index < -0.39 is 0 Å². The third-order valence-electron chi connectivity index (χ3n) is 4.50. The second kappa shape index (κ2) is 9.81. The van der Waals surface area contributed by atoms with Crippen molar-refractivity contribution in [3.8, 4) is 5.75 Å². The van der Waals surface area contributed by atoms with E-state index in [-0.39, 0.29) is 5.97 Å². The van der Waals surface area contributed by atoms with E-state index in [0.29, 0.717) is 18.8 Å². The number of anilines is 1. The number of benzene rings is 1. The number of esters is 1. The highest BCUT2D eigenvalue weighted by molar-refractivity contribution is 6.04. The molecule has 0 radical (unpaired) electrons. The molecule has 0 spiro atoms. The second-order valence-corrected chi connectivity index (χ2v) is 6.07. The first kappa shape index (κ1) is 20.6. The average molecular weight is 367 g/mol. The van der Waals surface area contributed by atoms with E-state index in [1.165, 1.54) is 0 Å². The first-order chi connectivity index (χ1) is 13.1. The molecule has 1 aromatic rings. The van der Waals surface area contributed by atoms with Crippen molar-refractivity contribution in [1.29, 1.82) is 0 Å². The minimum absolute atomic E-state index is 0.321. The average Bonchev–Trinajstić information content (AvgIpc) is 3.07. The molecular weight excluding hydrogens is 338 g/mol. The van der Waals surface area contributed by atoms with Crippen LogP contribution in [0.15, 0.2) is 60.2 Å². The molecule has 0 saturated heterocycles. The molecule has 0 fully saturated rings. The van der Waals surface area contributed by atoms with E-state index in [1.807, 2.05) is 44.2 Å². The predicted molar refractivity (Wildman–Crippen MR) is 112 cm³/mol. The van der Waals surface area contributed by atoms with Gasteiger partial charge in [0.1, 0.15) is 12.4 Å². The Balaban J connectivity index is 2.61. The van der Waals surface area contributed by atoms with Gasteiger partial charge >= 0.3 is 5.97 Å². The molecule has 144 valence electrons. The Kier molecular flexibility index (Phi) is 7.47. The van der Waals surface area contributed by atoms with Crippen molar-refractivity contribution in [2.24, 2.45) is 0 Å². The van der Waals surface area contributed by atoms with Gasteiger partial charge in [-0.15, -0.1) is 0 Å². The quantitative estimate of drug-likeness (QED) is 0.371. The van der Waals surface area contributed by atoms with Gasteiger partial charge in [0.05, 0.1) is 12.2 Å². The molecule has 0 N–H and O–H groups in total. The van der Waals surface area contributed by atoms with Crippen LogP contribution in [0.25, 0.3) is 5.57 Å². The molecule has 0 aromatic heterocycles. The van der Waals surface area contributed by atoms with E-state index in [4.69, 9.17) is 9.47 Å². The maximum Gasteiger partial charge on any atom is 0.339 e. The van der Waals surface area contributed by atoms with Crippen molar-refractivity contribution in [2.75, 3.05) is 31.2 Å². The minimum Gasteiger partial charge on any atom is -0.488 e. The first-order valence-electron chi connectivity index (χ1n) is 9.49. The van der Waals surface area contributed by atoms with Gasteiger partial charge in [0, 0.05) is 36.0 Å². The lowest BCUT2D eigenvalue weighted by molar-refractivity contribution is -0.138. The first-order valence-corrected chi connectivity index (χ1v) is 9.49. The zero-order valence-electron chi connectivity index (χ0n) is 16.7. The van der Waals surface area contributed by atoms with Crippen molar-refractivity contribution in [3.63, 3.8) is 0 Å². The number of carbonyl (C=O) groups excluding carboxylic acids is 1. The lowest BCUT2D eigenvalue weighted by Crippen LogP contribution is -2.21. The van der Waals surface area contributed by atoms with Crippen LogP contribution in [0, 0.1) is 0 Å². The van der Waals surface area contributed by atoms with Crippen LogP contribution in [0.5, 0.6) is 5.75 Å². The lowest BCUT2D eigenvalue weighted by Gasteiger charge is -2.21. The SMILES string of the molecule is C=C/C=C(\C=C/C)C(/C(=O)OCC)=C1\COc2cc(N(CC)CC)ccc21. The standard InChI is InChI=1S/C23H29NO3/c1-6-11-17(12-7-2)22(23(25)26-10-5)20-16-27-21-15-18(13-14-19(20)21)24(8-3)9-4/h6-7,11-15H,1,8-10,16H2,2-5H3/b12-7-,17-11+,22-20-. The van der Waals surface area contributed by atoms with E-state index in [0.717, 1.165) is 41.2 Å². The predicted octanol–water partition coefficient (Wildman–Crippen LogP) is 4.93. The number of nitrogens with zero attached hydrogens (tertiary/aromatic N) is 1. The summed E-state index contributed by atoms with van der Waals surface area (Å²) in [6, 6.07) is 6.16. The highest BCUT2D eigenvalue weighted by atomic mass is 16.5. The molecule has 0 unspecified atom stereocenters. The molecule has 0 atom stereocenters. The van der Waals surface area contributed by atoms with Crippen LogP contribution >= 0.6 is 0 Å². The van der Waals surface area contributed by atoms with Gasteiger partial charge in [-0.25, -0.2) is 4.79 Å². The molecule has 0 amide bonds. The molecule has 4 nitrogen and oxygen atoms in total. The molecule has 1 aliphatic heterocycles. The van der Waals surface area contributed by atoms with Gasteiger partial charge < -0.3 is 14.4 Å². The number of carbonyl (C=O) groups is 1. The molecule has 0 bridgehead atoms. The van der Waals surface area contributed by atoms with Crippen molar-refractivity contribution in [1.82, 2.24) is 0 Å². The normalized spacial score (nSPS) is 15.3. The smallest absolute Gasteiger partial charge is 0.339 e. The fraction of sp³-hybridized carbons (Fsp3) is 0.348. The Labute approximate surface area is 162 Å². The number of hydrogen-bond acceptors (Lipinski definition) is 4. The Morgan fingerprint density at radius 2 is 2.04 bits per heavy atom. The summed E-state index contributed by atoms with van der Waals surface area (Å²) in [4.78, 5) is 15.0. The second-order valence-electron chi connectivity index (χ2n) is 6.07. The summed E-state index contributed by atoms with van der Waals surface area (Å²) in [5.74, 6) is 0.456. The summed E-state index contributed by atoms with van der Waals surface area (Å²) >= 11 is 0. The number of allylic oxidation sites excluding steroid dienone is 4. The Morgan fingerprint density at radius 1 is 1.30 bits per heavy atom. The van der Waals surface area contributed by atoms with Crippen molar-refractivity contribution in [3.05, 3.63) is 65.8 Å². The molecule has 1 aromatic carbocycles. The molecule has 0 saturated carbocycles. The summed E-state index contributed by atoms with van der Waals surface area (Å²) in [6.45, 7) is 14.3.